The Morgan fingerprint density at radius 1 is 1.29 bits per heavy atom. The van der Waals surface area contributed by atoms with E-state index >= 15 is 0 Å². The standard InChI is InChI=1S/C14H28N2O/c1-11(2)15-8-9-16(12(3)10-15)13(4)17-14(5,6)7/h11-12H,4,8-10H2,1-3,5-7H3/t12-/m1/s1. The summed E-state index contributed by atoms with van der Waals surface area (Å²) in [5, 5.41) is 0. The fraction of sp³-hybridized carbons (Fsp3) is 0.857. The normalized spacial score (nSPS) is 23.0. The molecule has 0 aromatic heterocycles. The lowest BCUT2D eigenvalue weighted by molar-refractivity contribution is -0.0289. The molecule has 0 N–H and O–H groups in total. The predicted molar refractivity (Wildman–Crippen MR) is 72.9 cm³/mol. The molecule has 0 aromatic carbocycles. The molecule has 0 bridgehead atoms. The van der Waals surface area contributed by atoms with Crippen LogP contribution in [0, 0.1) is 0 Å². The minimum absolute atomic E-state index is 0.161. The molecule has 0 unspecified atom stereocenters. The third-order valence-corrected chi connectivity index (χ3v) is 3.13. The summed E-state index contributed by atoms with van der Waals surface area (Å²) in [6, 6.07) is 1.09. The number of rotatable bonds is 3. The predicted octanol–water partition coefficient (Wildman–Crippen LogP) is 2.69. The van der Waals surface area contributed by atoms with Gasteiger partial charge in [-0.2, -0.15) is 0 Å². The van der Waals surface area contributed by atoms with E-state index in [1.807, 2.05) is 0 Å². The second-order valence-corrected chi connectivity index (χ2v) is 6.24. The topological polar surface area (TPSA) is 15.7 Å². The minimum Gasteiger partial charge on any atom is -0.474 e. The van der Waals surface area contributed by atoms with Crippen molar-refractivity contribution in [3.05, 3.63) is 12.5 Å². The maximum absolute atomic E-state index is 5.86. The molecule has 1 heterocycles. The molecule has 1 atom stereocenters. The zero-order valence-corrected chi connectivity index (χ0v) is 12.3. The largest absolute Gasteiger partial charge is 0.474 e. The van der Waals surface area contributed by atoms with Gasteiger partial charge in [-0.1, -0.05) is 0 Å². The summed E-state index contributed by atoms with van der Waals surface area (Å²) < 4.78 is 5.86. The summed E-state index contributed by atoms with van der Waals surface area (Å²) in [7, 11) is 0. The van der Waals surface area contributed by atoms with E-state index < -0.39 is 0 Å². The van der Waals surface area contributed by atoms with E-state index in [9.17, 15) is 0 Å². The van der Waals surface area contributed by atoms with Crippen LogP contribution in [-0.4, -0.2) is 47.1 Å². The highest BCUT2D eigenvalue weighted by atomic mass is 16.5. The van der Waals surface area contributed by atoms with Gasteiger partial charge in [0.15, 0.2) is 5.88 Å². The molecule has 17 heavy (non-hydrogen) atoms. The van der Waals surface area contributed by atoms with Crippen molar-refractivity contribution in [3.8, 4) is 0 Å². The van der Waals surface area contributed by atoms with Crippen LogP contribution in [0.5, 0.6) is 0 Å². The van der Waals surface area contributed by atoms with Crippen molar-refractivity contribution in [3.63, 3.8) is 0 Å². The summed E-state index contributed by atoms with van der Waals surface area (Å²) >= 11 is 0. The first-order valence-corrected chi connectivity index (χ1v) is 6.59. The first-order chi connectivity index (χ1) is 7.70. The van der Waals surface area contributed by atoms with Gasteiger partial charge in [-0.15, -0.1) is 0 Å². The van der Waals surface area contributed by atoms with Gasteiger partial charge >= 0.3 is 0 Å². The SMILES string of the molecule is C=C(OC(C)(C)C)N1CCN(C(C)C)C[C@H]1C. The molecule has 1 rings (SSSR count). The maximum Gasteiger partial charge on any atom is 0.182 e. The van der Waals surface area contributed by atoms with Crippen LogP contribution < -0.4 is 0 Å². The third kappa shape index (κ3) is 4.23. The number of nitrogens with zero attached hydrogens (tertiary/aromatic N) is 2. The molecule has 0 amide bonds. The molecule has 0 spiro atoms. The van der Waals surface area contributed by atoms with E-state index in [0.717, 1.165) is 25.5 Å². The zero-order valence-electron chi connectivity index (χ0n) is 12.3. The average molecular weight is 240 g/mol. The van der Waals surface area contributed by atoms with E-state index in [2.05, 4.69) is 57.9 Å². The Morgan fingerprint density at radius 3 is 2.29 bits per heavy atom. The van der Waals surface area contributed by atoms with Crippen molar-refractivity contribution < 1.29 is 4.74 Å². The minimum atomic E-state index is -0.161. The van der Waals surface area contributed by atoms with E-state index in [4.69, 9.17) is 4.74 Å². The molecule has 3 heteroatoms. The van der Waals surface area contributed by atoms with E-state index in [0.29, 0.717) is 12.1 Å². The number of piperazine rings is 1. The first-order valence-electron chi connectivity index (χ1n) is 6.59. The van der Waals surface area contributed by atoms with E-state index in [1.54, 1.807) is 0 Å². The van der Waals surface area contributed by atoms with Crippen LogP contribution >= 0.6 is 0 Å². The van der Waals surface area contributed by atoms with Gasteiger partial charge in [0.25, 0.3) is 0 Å². The van der Waals surface area contributed by atoms with Gasteiger partial charge in [0.1, 0.15) is 5.60 Å². The molecule has 0 aromatic rings. The average Bonchev–Trinajstić information content (AvgIpc) is 2.14. The van der Waals surface area contributed by atoms with Crippen LogP contribution in [0.2, 0.25) is 0 Å². The van der Waals surface area contributed by atoms with Gasteiger partial charge in [-0.25, -0.2) is 0 Å². The lowest BCUT2D eigenvalue weighted by atomic mass is 10.1. The van der Waals surface area contributed by atoms with Gasteiger partial charge in [-0.05, 0) is 48.1 Å². The van der Waals surface area contributed by atoms with Crippen LogP contribution in [0.3, 0.4) is 0 Å². The fourth-order valence-corrected chi connectivity index (χ4v) is 2.24. The van der Waals surface area contributed by atoms with Gasteiger partial charge < -0.3 is 9.64 Å². The Hall–Kier alpha value is -0.700. The Labute approximate surface area is 106 Å². The molecule has 100 valence electrons. The summed E-state index contributed by atoms with van der Waals surface area (Å²) in [5.74, 6) is 0.813. The highest BCUT2D eigenvalue weighted by Crippen LogP contribution is 2.21. The summed E-state index contributed by atoms with van der Waals surface area (Å²) in [6.45, 7) is 20.2. The van der Waals surface area contributed by atoms with Gasteiger partial charge in [0.2, 0.25) is 0 Å². The second kappa shape index (κ2) is 5.30. The van der Waals surface area contributed by atoms with E-state index in [-0.39, 0.29) is 5.60 Å². The van der Waals surface area contributed by atoms with Crippen LogP contribution in [0.15, 0.2) is 12.5 Å². The molecule has 1 saturated heterocycles. The molecular formula is C14H28N2O. The number of ether oxygens (including phenoxy) is 1. The van der Waals surface area contributed by atoms with Crippen molar-refractivity contribution >= 4 is 0 Å². The Bertz CT molecular complexity index is 268. The van der Waals surface area contributed by atoms with Crippen LogP contribution in [0.25, 0.3) is 0 Å². The molecule has 3 nitrogen and oxygen atoms in total. The highest BCUT2D eigenvalue weighted by molar-refractivity contribution is 4.94. The van der Waals surface area contributed by atoms with Crippen molar-refractivity contribution in [1.82, 2.24) is 9.80 Å². The molecule has 0 saturated carbocycles. The lowest BCUT2D eigenvalue weighted by Crippen LogP contribution is -2.53. The summed E-state index contributed by atoms with van der Waals surface area (Å²) in [6.07, 6.45) is 0. The monoisotopic (exact) mass is 240 g/mol. The van der Waals surface area contributed by atoms with Crippen LogP contribution in [-0.2, 0) is 4.74 Å². The fourth-order valence-electron chi connectivity index (χ4n) is 2.24. The molecule has 0 aliphatic carbocycles. The smallest absolute Gasteiger partial charge is 0.182 e. The summed E-state index contributed by atoms with van der Waals surface area (Å²) in [5.41, 5.74) is -0.161. The van der Waals surface area contributed by atoms with Crippen molar-refractivity contribution in [1.29, 1.82) is 0 Å². The van der Waals surface area contributed by atoms with Crippen LogP contribution in [0.4, 0.5) is 0 Å². The van der Waals surface area contributed by atoms with Crippen LogP contribution in [0.1, 0.15) is 41.5 Å². The van der Waals surface area contributed by atoms with Crippen molar-refractivity contribution in [2.45, 2.75) is 59.2 Å². The van der Waals surface area contributed by atoms with Crippen molar-refractivity contribution in [2.75, 3.05) is 19.6 Å². The van der Waals surface area contributed by atoms with Gasteiger partial charge in [-0.3, -0.25) is 4.90 Å². The lowest BCUT2D eigenvalue weighted by Gasteiger charge is -2.44. The summed E-state index contributed by atoms with van der Waals surface area (Å²) in [4.78, 5) is 4.79. The highest BCUT2D eigenvalue weighted by Gasteiger charge is 2.28. The van der Waals surface area contributed by atoms with Crippen molar-refractivity contribution in [2.24, 2.45) is 0 Å². The molecule has 1 fully saturated rings. The third-order valence-electron chi connectivity index (χ3n) is 3.13. The van der Waals surface area contributed by atoms with Gasteiger partial charge in [0.05, 0.1) is 0 Å². The molecule has 0 radical (unpaired) electrons. The second-order valence-electron chi connectivity index (χ2n) is 6.24. The Balaban J connectivity index is 2.55. The maximum atomic E-state index is 5.86. The quantitative estimate of drug-likeness (QED) is 0.705. The number of hydrogen-bond donors (Lipinski definition) is 0. The van der Waals surface area contributed by atoms with E-state index in [1.165, 1.54) is 0 Å². The molecule has 1 aliphatic heterocycles. The molecular weight excluding hydrogens is 212 g/mol. The first kappa shape index (κ1) is 14.4. The number of hydrogen-bond acceptors (Lipinski definition) is 3. The zero-order chi connectivity index (χ0) is 13.2. The molecule has 1 aliphatic rings. The Kier molecular flexibility index (Phi) is 4.48. The Morgan fingerprint density at radius 2 is 1.88 bits per heavy atom. The van der Waals surface area contributed by atoms with Gasteiger partial charge in [0, 0.05) is 31.7 Å².